The third-order valence-corrected chi connectivity index (χ3v) is 2.99. The highest BCUT2D eigenvalue weighted by molar-refractivity contribution is 7.84. The molecule has 108 valence electrons. The van der Waals surface area contributed by atoms with Gasteiger partial charge in [-0.2, -0.15) is 13.6 Å². The van der Waals surface area contributed by atoms with Crippen LogP contribution in [0.3, 0.4) is 0 Å². The molecule has 2 aromatic carbocycles. The molecule has 0 unspecified atom stereocenters. The van der Waals surface area contributed by atoms with Crippen molar-refractivity contribution in [2.45, 2.75) is 0 Å². The molecule has 21 heavy (non-hydrogen) atoms. The normalized spacial score (nSPS) is 12.0. The maximum Gasteiger partial charge on any atom is 0.382 e. The first-order chi connectivity index (χ1) is 9.96. The molecule has 0 radical (unpaired) electrons. The summed E-state index contributed by atoms with van der Waals surface area (Å²) in [6.45, 7) is 0. The molecular formula is C15H13NO4S. The molecular weight excluding hydrogens is 290 g/mol. The van der Waals surface area contributed by atoms with E-state index in [4.69, 9.17) is 5.14 Å². The Morgan fingerprint density at radius 3 is 2.00 bits per heavy atom. The first-order valence-electron chi connectivity index (χ1n) is 6.04. The second kappa shape index (κ2) is 6.34. The lowest BCUT2D eigenvalue weighted by atomic mass is 10.0. The molecule has 0 fully saturated rings. The van der Waals surface area contributed by atoms with Gasteiger partial charge in [-0.1, -0.05) is 60.7 Å². The van der Waals surface area contributed by atoms with Gasteiger partial charge < -0.3 is 4.18 Å². The second-order valence-corrected chi connectivity index (χ2v) is 5.35. The van der Waals surface area contributed by atoms with E-state index in [9.17, 15) is 13.2 Å². The predicted octanol–water partition coefficient (Wildman–Crippen LogP) is 1.97. The van der Waals surface area contributed by atoms with Gasteiger partial charge in [0.25, 0.3) is 0 Å². The van der Waals surface area contributed by atoms with E-state index in [2.05, 4.69) is 4.18 Å². The van der Waals surface area contributed by atoms with Crippen LogP contribution in [0, 0.1) is 0 Å². The van der Waals surface area contributed by atoms with Crippen LogP contribution in [0.15, 0.2) is 60.7 Å². The highest BCUT2D eigenvalue weighted by atomic mass is 32.2. The third kappa shape index (κ3) is 4.55. The average molecular weight is 303 g/mol. The van der Waals surface area contributed by atoms with Crippen LogP contribution in [0.4, 0.5) is 0 Å². The maximum atomic E-state index is 12.0. The van der Waals surface area contributed by atoms with E-state index >= 15 is 0 Å². The van der Waals surface area contributed by atoms with Crippen molar-refractivity contribution in [3.63, 3.8) is 0 Å². The molecule has 2 N–H and O–H groups in total. The topological polar surface area (TPSA) is 86.5 Å². The Kier molecular flexibility index (Phi) is 4.52. The molecule has 0 aliphatic heterocycles. The van der Waals surface area contributed by atoms with Crippen LogP contribution < -0.4 is 5.14 Å². The van der Waals surface area contributed by atoms with E-state index in [1.54, 1.807) is 60.7 Å². The molecule has 5 nitrogen and oxygen atoms in total. The Balaban J connectivity index is 2.45. The minimum atomic E-state index is -4.36. The van der Waals surface area contributed by atoms with Crippen LogP contribution in [-0.2, 0) is 19.3 Å². The van der Waals surface area contributed by atoms with Gasteiger partial charge in [-0.15, -0.1) is 0 Å². The van der Waals surface area contributed by atoms with E-state index in [0.29, 0.717) is 5.56 Å². The van der Waals surface area contributed by atoms with Crippen molar-refractivity contribution in [1.82, 2.24) is 0 Å². The van der Waals surface area contributed by atoms with Gasteiger partial charge in [0.05, 0.1) is 5.57 Å². The average Bonchev–Trinajstić information content (AvgIpc) is 2.45. The summed E-state index contributed by atoms with van der Waals surface area (Å²) in [4.78, 5) is 12.0. The number of nitrogens with two attached hydrogens (primary N) is 1. The van der Waals surface area contributed by atoms with Crippen molar-refractivity contribution in [1.29, 1.82) is 0 Å². The van der Waals surface area contributed by atoms with Gasteiger partial charge in [0, 0.05) is 0 Å². The van der Waals surface area contributed by atoms with Gasteiger partial charge in [0.1, 0.15) is 0 Å². The largest absolute Gasteiger partial charge is 0.382 e. The summed E-state index contributed by atoms with van der Waals surface area (Å²) in [5.41, 5.74) is 1.38. The summed E-state index contributed by atoms with van der Waals surface area (Å²) in [7, 11) is -4.36. The molecule has 0 amide bonds. The first-order valence-corrected chi connectivity index (χ1v) is 7.51. The maximum absolute atomic E-state index is 12.0. The fraction of sp³-hybridized carbons (Fsp3) is 0. The zero-order valence-corrected chi connectivity index (χ0v) is 11.8. The minimum absolute atomic E-state index is 0.107. The molecule has 0 aliphatic carbocycles. The lowest BCUT2D eigenvalue weighted by molar-refractivity contribution is -0.127. The number of hydrogen-bond acceptors (Lipinski definition) is 4. The highest BCUT2D eigenvalue weighted by Crippen LogP contribution is 2.20. The molecule has 0 bridgehead atoms. The summed E-state index contributed by atoms with van der Waals surface area (Å²) in [6.07, 6.45) is 1.54. The van der Waals surface area contributed by atoms with Crippen LogP contribution >= 0.6 is 0 Å². The van der Waals surface area contributed by atoms with Crippen molar-refractivity contribution in [2.24, 2.45) is 5.14 Å². The van der Waals surface area contributed by atoms with Gasteiger partial charge in [-0.25, -0.2) is 4.79 Å². The SMILES string of the molecule is NS(=O)(=O)OC(=O)C(=Cc1ccccc1)c1ccccc1. The molecule has 2 rings (SSSR count). The summed E-state index contributed by atoms with van der Waals surface area (Å²) < 4.78 is 26.1. The third-order valence-electron chi connectivity index (χ3n) is 2.61. The zero-order chi connectivity index (χ0) is 15.3. The fourth-order valence-corrected chi connectivity index (χ4v) is 2.04. The van der Waals surface area contributed by atoms with Gasteiger partial charge in [-0.3, -0.25) is 0 Å². The van der Waals surface area contributed by atoms with Crippen molar-refractivity contribution < 1.29 is 17.4 Å². The van der Waals surface area contributed by atoms with Crippen LogP contribution in [0.25, 0.3) is 11.6 Å². The molecule has 0 aliphatic rings. The summed E-state index contributed by atoms with van der Waals surface area (Å²) in [5.74, 6) is -1.02. The standard InChI is InChI=1S/C15H13NO4S/c16-21(18,19)20-15(17)14(13-9-5-2-6-10-13)11-12-7-3-1-4-8-12/h1-11H,(H2,16,18,19). The summed E-state index contributed by atoms with van der Waals surface area (Å²) in [6, 6.07) is 17.6. The molecule has 0 aromatic heterocycles. The molecule has 0 heterocycles. The zero-order valence-electron chi connectivity index (χ0n) is 11.0. The lowest BCUT2D eigenvalue weighted by Crippen LogP contribution is -2.21. The summed E-state index contributed by atoms with van der Waals surface area (Å²) >= 11 is 0. The Labute approximate surface area is 122 Å². The van der Waals surface area contributed by atoms with Crippen molar-refractivity contribution in [2.75, 3.05) is 0 Å². The van der Waals surface area contributed by atoms with E-state index < -0.39 is 16.3 Å². The molecule has 6 heteroatoms. The number of hydrogen-bond donors (Lipinski definition) is 1. The lowest BCUT2D eigenvalue weighted by Gasteiger charge is -2.07. The van der Waals surface area contributed by atoms with Crippen molar-refractivity contribution >= 4 is 27.9 Å². The molecule has 0 spiro atoms. The van der Waals surface area contributed by atoms with Gasteiger partial charge >= 0.3 is 16.3 Å². The van der Waals surface area contributed by atoms with E-state index in [1.807, 2.05) is 6.07 Å². The molecule has 0 atom stereocenters. The van der Waals surface area contributed by atoms with Crippen molar-refractivity contribution in [3.8, 4) is 0 Å². The molecule has 0 saturated carbocycles. The van der Waals surface area contributed by atoms with E-state index in [0.717, 1.165) is 5.56 Å². The number of carbonyl (C=O) groups excluding carboxylic acids is 1. The number of carbonyl (C=O) groups is 1. The van der Waals surface area contributed by atoms with E-state index in [1.165, 1.54) is 0 Å². The van der Waals surface area contributed by atoms with Gasteiger partial charge in [-0.05, 0) is 17.2 Å². The Morgan fingerprint density at radius 2 is 1.48 bits per heavy atom. The number of benzene rings is 2. The highest BCUT2D eigenvalue weighted by Gasteiger charge is 2.18. The monoisotopic (exact) mass is 303 g/mol. The Bertz CT molecular complexity index is 753. The first kappa shape index (κ1) is 15.0. The minimum Gasteiger partial charge on any atom is -0.330 e. The fourth-order valence-electron chi connectivity index (χ4n) is 1.74. The molecule has 0 saturated heterocycles. The van der Waals surface area contributed by atoms with Crippen LogP contribution in [0.1, 0.15) is 11.1 Å². The Hall–Kier alpha value is -2.44. The molecule has 2 aromatic rings. The Morgan fingerprint density at radius 1 is 0.952 bits per heavy atom. The van der Waals surface area contributed by atoms with Crippen LogP contribution in [0.5, 0.6) is 0 Å². The number of rotatable bonds is 4. The van der Waals surface area contributed by atoms with Gasteiger partial charge in [0.2, 0.25) is 0 Å². The van der Waals surface area contributed by atoms with E-state index in [-0.39, 0.29) is 5.57 Å². The summed E-state index contributed by atoms with van der Waals surface area (Å²) in [5, 5.41) is 4.75. The van der Waals surface area contributed by atoms with Crippen LogP contribution in [0.2, 0.25) is 0 Å². The predicted molar refractivity (Wildman–Crippen MR) is 80.0 cm³/mol. The van der Waals surface area contributed by atoms with Crippen molar-refractivity contribution in [3.05, 3.63) is 71.8 Å². The van der Waals surface area contributed by atoms with Gasteiger partial charge in [0.15, 0.2) is 0 Å². The quantitative estimate of drug-likeness (QED) is 0.691. The second-order valence-electron chi connectivity index (χ2n) is 4.20. The smallest absolute Gasteiger partial charge is 0.330 e. The van der Waals surface area contributed by atoms with Crippen LogP contribution in [-0.4, -0.2) is 14.4 Å².